The molecule has 2 aromatic carbocycles. The molecule has 37 heavy (non-hydrogen) atoms. The summed E-state index contributed by atoms with van der Waals surface area (Å²) in [5.41, 5.74) is 4.53. The number of alkyl halides is 1. The first-order chi connectivity index (χ1) is 17.5. The largest absolute Gasteiger partial charge is 0.490 e. The van der Waals surface area contributed by atoms with Gasteiger partial charge in [-0.1, -0.05) is 18.2 Å². The second-order valence-electron chi connectivity index (χ2n) is 10.6. The maximum Gasteiger partial charge on any atom is 0.258 e. The van der Waals surface area contributed by atoms with Crippen LogP contribution in [0.3, 0.4) is 0 Å². The number of carbonyl (C=O) groups is 2. The molecule has 2 amide bonds. The van der Waals surface area contributed by atoms with E-state index in [2.05, 4.69) is 4.90 Å². The summed E-state index contributed by atoms with van der Waals surface area (Å²) in [4.78, 5) is 28.4. The van der Waals surface area contributed by atoms with Crippen LogP contribution in [0.5, 0.6) is 5.75 Å². The molecule has 9 heteroatoms. The molecule has 4 rings (SSSR count). The summed E-state index contributed by atoms with van der Waals surface area (Å²) in [6, 6.07) is 7.67. The predicted molar refractivity (Wildman–Crippen MR) is 135 cm³/mol. The van der Waals surface area contributed by atoms with Gasteiger partial charge in [0.1, 0.15) is 17.5 Å². The summed E-state index contributed by atoms with van der Waals surface area (Å²) in [7, 11) is 0. The van der Waals surface area contributed by atoms with Crippen molar-refractivity contribution in [1.29, 1.82) is 0 Å². The van der Waals surface area contributed by atoms with E-state index in [1.165, 1.54) is 29.2 Å². The highest BCUT2D eigenvalue weighted by Crippen LogP contribution is 2.32. The van der Waals surface area contributed by atoms with Crippen molar-refractivity contribution in [1.82, 2.24) is 9.80 Å². The number of ether oxygens (including phenoxy) is 1. The first kappa shape index (κ1) is 27.0. The second kappa shape index (κ2) is 11.1. The Bertz CT molecular complexity index is 1140. The molecular formula is C28H34F3N3O3. The van der Waals surface area contributed by atoms with E-state index < -0.39 is 35.2 Å². The van der Waals surface area contributed by atoms with Gasteiger partial charge in [-0.3, -0.25) is 9.59 Å². The zero-order valence-electron chi connectivity index (χ0n) is 21.3. The van der Waals surface area contributed by atoms with Gasteiger partial charge >= 0.3 is 0 Å². The van der Waals surface area contributed by atoms with Crippen LogP contribution in [0.25, 0.3) is 11.1 Å². The van der Waals surface area contributed by atoms with Crippen LogP contribution in [-0.2, 0) is 4.79 Å². The van der Waals surface area contributed by atoms with Gasteiger partial charge in [0.05, 0.1) is 12.2 Å². The molecule has 0 spiro atoms. The Balaban J connectivity index is 1.45. The van der Waals surface area contributed by atoms with Gasteiger partial charge in [0, 0.05) is 13.1 Å². The summed E-state index contributed by atoms with van der Waals surface area (Å²) < 4.78 is 49.5. The van der Waals surface area contributed by atoms with Crippen molar-refractivity contribution in [2.75, 3.05) is 32.8 Å². The van der Waals surface area contributed by atoms with Gasteiger partial charge < -0.3 is 20.3 Å². The van der Waals surface area contributed by atoms with Crippen molar-refractivity contribution in [3.05, 3.63) is 53.6 Å². The van der Waals surface area contributed by atoms with Crippen molar-refractivity contribution in [2.45, 2.75) is 51.2 Å². The Morgan fingerprint density at radius 2 is 1.78 bits per heavy atom. The number of hydrogen-bond acceptors (Lipinski definition) is 4. The highest BCUT2D eigenvalue weighted by atomic mass is 19.1. The second-order valence-corrected chi connectivity index (χ2v) is 10.6. The Labute approximate surface area is 215 Å². The number of nitrogens with two attached hydrogens (primary N) is 1. The van der Waals surface area contributed by atoms with Gasteiger partial charge in [-0.05, 0) is 87.9 Å². The number of benzene rings is 2. The predicted octanol–water partition coefficient (Wildman–Crippen LogP) is 4.56. The molecule has 2 saturated heterocycles. The summed E-state index contributed by atoms with van der Waals surface area (Å²) in [6.45, 7) is 5.72. The third-order valence-corrected chi connectivity index (χ3v) is 7.09. The van der Waals surface area contributed by atoms with Crippen LogP contribution >= 0.6 is 0 Å². The zero-order chi connectivity index (χ0) is 26.7. The smallest absolute Gasteiger partial charge is 0.258 e. The fourth-order valence-corrected chi connectivity index (χ4v) is 5.27. The number of rotatable bonds is 8. The minimum atomic E-state index is -1.24. The molecule has 1 atom stereocenters. The molecule has 2 fully saturated rings. The van der Waals surface area contributed by atoms with E-state index in [-0.39, 0.29) is 22.8 Å². The van der Waals surface area contributed by atoms with Gasteiger partial charge in [0.2, 0.25) is 5.91 Å². The van der Waals surface area contributed by atoms with Crippen LogP contribution in [0.2, 0.25) is 0 Å². The Morgan fingerprint density at radius 3 is 2.43 bits per heavy atom. The normalized spacial score (nSPS) is 19.3. The lowest BCUT2D eigenvalue weighted by atomic mass is 9.96. The Hall–Kier alpha value is -3.07. The highest BCUT2D eigenvalue weighted by Gasteiger charge is 2.35. The van der Waals surface area contributed by atoms with Crippen molar-refractivity contribution in [2.24, 2.45) is 11.7 Å². The van der Waals surface area contributed by atoms with Gasteiger partial charge in [-0.15, -0.1) is 0 Å². The molecule has 0 aliphatic carbocycles. The maximum atomic E-state index is 15.0. The van der Waals surface area contributed by atoms with E-state index in [9.17, 15) is 18.4 Å². The number of nitrogens with zero attached hydrogens (tertiary/aromatic N) is 2. The molecule has 0 radical (unpaired) electrons. The number of piperidine rings is 1. The van der Waals surface area contributed by atoms with Gasteiger partial charge in [-0.25, -0.2) is 13.2 Å². The number of amides is 2. The minimum absolute atomic E-state index is 0.0775. The lowest BCUT2D eigenvalue weighted by molar-refractivity contribution is -0.121. The summed E-state index contributed by atoms with van der Waals surface area (Å²) in [5.74, 6) is -2.32. The highest BCUT2D eigenvalue weighted by molar-refractivity contribution is 6.03. The van der Waals surface area contributed by atoms with Gasteiger partial charge in [0.15, 0.2) is 11.6 Å². The summed E-state index contributed by atoms with van der Waals surface area (Å²) in [5, 5.41) is 0. The van der Waals surface area contributed by atoms with Crippen molar-refractivity contribution in [3.8, 4) is 16.9 Å². The van der Waals surface area contributed by atoms with Crippen LogP contribution in [0.4, 0.5) is 13.2 Å². The topological polar surface area (TPSA) is 75.9 Å². The molecule has 0 unspecified atom stereocenters. The number of hydrogen-bond donors (Lipinski definition) is 1. The van der Waals surface area contributed by atoms with Crippen LogP contribution < -0.4 is 10.5 Å². The molecule has 2 aliphatic heterocycles. The molecule has 2 aromatic rings. The monoisotopic (exact) mass is 517 g/mol. The minimum Gasteiger partial charge on any atom is -0.490 e. The average molecular weight is 518 g/mol. The maximum absolute atomic E-state index is 15.0. The number of halogens is 3. The SMILES string of the molecule is CC(C)(F)CN1CCC(COc2ccc(-c3cccc(F)c3C(=O)N3CCC[C@H]3C(N)=O)cc2F)CC1. The van der Waals surface area contributed by atoms with E-state index in [0.29, 0.717) is 38.1 Å². The lowest BCUT2D eigenvalue weighted by Crippen LogP contribution is -2.44. The van der Waals surface area contributed by atoms with Crippen molar-refractivity contribution in [3.63, 3.8) is 0 Å². The number of carbonyl (C=O) groups excluding carboxylic acids is 2. The fraction of sp³-hybridized carbons (Fsp3) is 0.500. The van der Waals surface area contributed by atoms with Gasteiger partial charge in [-0.2, -0.15) is 0 Å². The summed E-state index contributed by atoms with van der Waals surface area (Å²) in [6.07, 6.45) is 2.70. The van der Waals surface area contributed by atoms with Gasteiger partial charge in [0.25, 0.3) is 5.91 Å². The molecule has 0 bridgehead atoms. The lowest BCUT2D eigenvalue weighted by Gasteiger charge is -2.34. The molecular weight excluding hydrogens is 483 g/mol. The van der Waals surface area contributed by atoms with E-state index >= 15 is 4.39 Å². The van der Waals surface area contributed by atoms with Crippen LogP contribution in [0.15, 0.2) is 36.4 Å². The standard InChI is InChI=1S/C28H34F3N3O3/c1-28(2,31)17-33-13-10-18(11-14-33)16-37-24-9-8-19(15-22(24)30)20-5-3-6-21(29)25(20)27(36)34-12-4-7-23(34)26(32)35/h3,5-6,8-9,15,18,23H,4,7,10-14,16-17H2,1-2H3,(H2,32,35)/t23-/m0/s1. The third kappa shape index (κ3) is 6.44. The first-order valence-electron chi connectivity index (χ1n) is 12.8. The van der Waals surface area contributed by atoms with Crippen molar-refractivity contribution >= 4 is 11.8 Å². The molecule has 0 aromatic heterocycles. The molecule has 200 valence electrons. The Morgan fingerprint density at radius 1 is 1.05 bits per heavy atom. The molecule has 6 nitrogen and oxygen atoms in total. The van der Waals surface area contributed by atoms with E-state index in [0.717, 1.165) is 25.9 Å². The van der Waals surface area contributed by atoms with Crippen molar-refractivity contribution < 1.29 is 27.5 Å². The van der Waals surface area contributed by atoms with Crippen LogP contribution in [0, 0.1) is 17.6 Å². The molecule has 0 saturated carbocycles. The molecule has 2 N–H and O–H groups in total. The van der Waals surface area contributed by atoms with E-state index in [1.54, 1.807) is 26.0 Å². The first-order valence-corrected chi connectivity index (χ1v) is 12.8. The van der Waals surface area contributed by atoms with Crippen LogP contribution in [-0.4, -0.2) is 66.1 Å². The van der Waals surface area contributed by atoms with E-state index in [4.69, 9.17) is 10.5 Å². The summed E-state index contributed by atoms with van der Waals surface area (Å²) >= 11 is 0. The molecule has 2 heterocycles. The number of primary amides is 1. The Kier molecular flexibility index (Phi) is 8.11. The third-order valence-electron chi connectivity index (χ3n) is 7.09. The fourth-order valence-electron chi connectivity index (χ4n) is 5.27. The quantitative estimate of drug-likeness (QED) is 0.557. The van der Waals surface area contributed by atoms with E-state index in [1.807, 2.05) is 0 Å². The number of likely N-dealkylation sites (tertiary alicyclic amines) is 2. The average Bonchev–Trinajstić information content (AvgIpc) is 3.33. The van der Waals surface area contributed by atoms with Crippen LogP contribution in [0.1, 0.15) is 49.9 Å². The molecule has 2 aliphatic rings. The zero-order valence-corrected chi connectivity index (χ0v) is 21.3.